The Hall–Kier alpha value is -1.96. The number of hydrogen-bond acceptors (Lipinski definition) is 6. The minimum absolute atomic E-state index is 0. The number of aromatic nitrogens is 2. The van der Waals surface area contributed by atoms with Crippen LogP contribution in [0.4, 0.5) is 0 Å². The van der Waals surface area contributed by atoms with Gasteiger partial charge in [-0.25, -0.2) is 0 Å². The number of carbonyl (C=O) groups is 1. The van der Waals surface area contributed by atoms with Crippen LogP contribution in [0.1, 0.15) is 38.6 Å². The van der Waals surface area contributed by atoms with Gasteiger partial charge in [0, 0.05) is 43.7 Å². The highest BCUT2D eigenvalue weighted by atomic mass is 35.5. The number of nitrogens with one attached hydrogen (secondary N) is 1. The molecule has 2 saturated heterocycles. The summed E-state index contributed by atoms with van der Waals surface area (Å²) in [5.74, 6) is 1.75. The normalized spacial score (nSPS) is 24.0. The second kappa shape index (κ2) is 9.69. The number of piperidine rings is 1. The quantitative estimate of drug-likeness (QED) is 0.821. The number of nitrogens with zero attached hydrogens (tertiary/aromatic N) is 4. The molecule has 2 aliphatic heterocycles. The number of hydrogen-bond donors (Lipinski definition) is 1. The number of carbonyl (C=O) groups excluding carboxylic acids is 1. The van der Waals surface area contributed by atoms with Gasteiger partial charge in [0.15, 0.2) is 0 Å². The zero-order chi connectivity index (χ0) is 19.5. The van der Waals surface area contributed by atoms with Gasteiger partial charge in [0.05, 0.1) is 6.04 Å². The zero-order valence-electron chi connectivity index (χ0n) is 17.1. The van der Waals surface area contributed by atoms with Gasteiger partial charge in [0.25, 0.3) is 0 Å². The molecule has 29 heavy (non-hydrogen) atoms. The van der Waals surface area contributed by atoms with Crippen LogP contribution in [-0.2, 0) is 4.79 Å². The van der Waals surface area contributed by atoms with E-state index in [4.69, 9.17) is 4.52 Å². The lowest BCUT2D eigenvalue weighted by molar-refractivity contribution is -0.138. The van der Waals surface area contributed by atoms with Gasteiger partial charge in [-0.15, -0.1) is 12.4 Å². The van der Waals surface area contributed by atoms with Crippen molar-refractivity contribution >= 4 is 18.3 Å². The summed E-state index contributed by atoms with van der Waals surface area (Å²) in [6.45, 7) is 8.38. The Balaban J connectivity index is 0.00000240. The first-order valence-electron chi connectivity index (χ1n) is 10.3. The van der Waals surface area contributed by atoms with E-state index in [1.165, 1.54) is 0 Å². The smallest absolute Gasteiger partial charge is 0.244 e. The van der Waals surface area contributed by atoms with Gasteiger partial charge in [-0.05, 0) is 33.2 Å². The van der Waals surface area contributed by atoms with E-state index in [2.05, 4.69) is 34.2 Å². The molecule has 1 amide bonds. The van der Waals surface area contributed by atoms with Crippen LogP contribution in [0.15, 0.2) is 34.9 Å². The molecule has 1 unspecified atom stereocenters. The van der Waals surface area contributed by atoms with Gasteiger partial charge in [-0.2, -0.15) is 4.98 Å². The molecule has 0 radical (unpaired) electrons. The van der Waals surface area contributed by atoms with Crippen molar-refractivity contribution < 1.29 is 9.32 Å². The average molecular weight is 420 g/mol. The summed E-state index contributed by atoms with van der Waals surface area (Å²) in [7, 11) is 0. The number of halogens is 1. The third-order valence-electron chi connectivity index (χ3n) is 5.98. The molecule has 4 rings (SSSR count). The van der Waals surface area contributed by atoms with Crippen LogP contribution in [0.5, 0.6) is 0 Å². The summed E-state index contributed by atoms with van der Waals surface area (Å²) in [5.41, 5.74) is 0.955. The van der Waals surface area contributed by atoms with Crippen LogP contribution in [0.2, 0.25) is 0 Å². The van der Waals surface area contributed by atoms with Gasteiger partial charge in [0.1, 0.15) is 0 Å². The SMILES string of the molecule is CC(c1nc(-c2ccccc2)no1)N1CCN(C(=O)[C@H]2CCN[C@@H](C)C2)CC1.Cl. The van der Waals surface area contributed by atoms with Gasteiger partial charge in [-0.1, -0.05) is 35.5 Å². The third-order valence-corrected chi connectivity index (χ3v) is 5.98. The first kappa shape index (κ1) is 21.7. The molecule has 3 atom stereocenters. The minimum atomic E-state index is 0. The van der Waals surface area contributed by atoms with Crippen LogP contribution in [0.25, 0.3) is 11.4 Å². The maximum Gasteiger partial charge on any atom is 0.244 e. The summed E-state index contributed by atoms with van der Waals surface area (Å²) < 4.78 is 5.53. The highest BCUT2D eigenvalue weighted by Gasteiger charge is 2.32. The number of amides is 1. The van der Waals surface area contributed by atoms with Crippen molar-refractivity contribution in [2.75, 3.05) is 32.7 Å². The number of piperazine rings is 1. The van der Waals surface area contributed by atoms with Crippen molar-refractivity contribution in [1.29, 1.82) is 0 Å². The second-order valence-corrected chi connectivity index (χ2v) is 7.94. The molecule has 1 aromatic heterocycles. The van der Waals surface area contributed by atoms with Crippen molar-refractivity contribution in [2.45, 2.75) is 38.8 Å². The van der Waals surface area contributed by atoms with E-state index >= 15 is 0 Å². The van der Waals surface area contributed by atoms with Crippen LogP contribution in [-0.4, -0.2) is 64.6 Å². The summed E-state index contributed by atoms with van der Waals surface area (Å²) in [6.07, 6.45) is 1.89. The Morgan fingerprint density at radius 3 is 2.62 bits per heavy atom. The second-order valence-electron chi connectivity index (χ2n) is 7.94. The molecule has 1 aromatic carbocycles. The Kier molecular flexibility index (Phi) is 7.27. The predicted molar refractivity (Wildman–Crippen MR) is 114 cm³/mol. The fourth-order valence-electron chi connectivity index (χ4n) is 4.21. The summed E-state index contributed by atoms with van der Waals surface area (Å²) >= 11 is 0. The molecule has 0 saturated carbocycles. The van der Waals surface area contributed by atoms with Gasteiger partial charge in [0.2, 0.25) is 17.6 Å². The molecule has 158 valence electrons. The Bertz CT molecular complexity index is 791. The van der Waals surface area contributed by atoms with Gasteiger partial charge >= 0.3 is 0 Å². The lowest BCUT2D eigenvalue weighted by atomic mass is 9.92. The van der Waals surface area contributed by atoms with E-state index in [0.717, 1.165) is 51.1 Å². The molecular weight excluding hydrogens is 390 g/mol. The predicted octanol–water partition coefficient (Wildman–Crippen LogP) is 2.75. The maximum atomic E-state index is 12.8. The van der Waals surface area contributed by atoms with Crippen molar-refractivity contribution in [3.8, 4) is 11.4 Å². The van der Waals surface area contributed by atoms with Gasteiger partial charge in [-0.3, -0.25) is 9.69 Å². The van der Waals surface area contributed by atoms with E-state index in [-0.39, 0.29) is 24.4 Å². The molecule has 0 bridgehead atoms. The molecular formula is C21H30ClN5O2. The molecule has 2 aromatic rings. The van der Waals surface area contributed by atoms with Crippen LogP contribution >= 0.6 is 12.4 Å². The van der Waals surface area contributed by atoms with E-state index in [0.29, 0.717) is 23.7 Å². The minimum Gasteiger partial charge on any atom is -0.340 e. The summed E-state index contributed by atoms with van der Waals surface area (Å²) in [6, 6.07) is 10.3. The molecule has 0 spiro atoms. The molecule has 7 nitrogen and oxygen atoms in total. The molecule has 1 N–H and O–H groups in total. The first-order valence-corrected chi connectivity index (χ1v) is 10.3. The highest BCUT2D eigenvalue weighted by molar-refractivity contribution is 5.85. The number of rotatable bonds is 4. The molecule has 8 heteroatoms. The molecule has 2 fully saturated rings. The third kappa shape index (κ3) is 4.97. The lowest BCUT2D eigenvalue weighted by Gasteiger charge is -2.39. The van der Waals surface area contributed by atoms with E-state index in [1.54, 1.807) is 0 Å². The summed E-state index contributed by atoms with van der Waals surface area (Å²) in [4.78, 5) is 21.8. The van der Waals surface area contributed by atoms with Crippen LogP contribution in [0.3, 0.4) is 0 Å². The fourth-order valence-corrected chi connectivity index (χ4v) is 4.21. The van der Waals surface area contributed by atoms with E-state index < -0.39 is 0 Å². The van der Waals surface area contributed by atoms with E-state index in [1.807, 2.05) is 35.2 Å². The van der Waals surface area contributed by atoms with Crippen molar-refractivity contribution in [3.05, 3.63) is 36.2 Å². The van der Waals surface area contributed by atoms with Crippen molar-refractivity contribution in [2.24, 2.45) is 5.92 Å². The largest absolute Gasteiger partial charge is 0.340 e. The monoisotopic (exact) mass is 419 g/mol. The Morgan fingerprint density at radius 2 is 1.93 bits per heavy atom. The van der Waals surface area contributed by atoms with E-state index in [9.17, 15) is 4.79 Å². The Morgan fingerprint density at radius 1 is 1.21 bits per heavy atom. The van der Waals surface area contributed by atoms with Gasteiger partial charge < -0.3 is 14.7 Å². The van der Waals surface area contributed by atoms with Crippen molar-refractivity contribution in [3.63, 3.8) is 0 Å². The molecule has 3 heterocycles. The van der Waals surface area contributed by atoms with Crippen LogP contribution in [0, 0.1) is 5.92 Å². The first-order chi connectivity index (χ1) is 13.6. The average Bonchev–Trinajstić information content (AvgIpc) is 3.24. The summed E-state index contributed by atoms with van der Waals surface area (Å²) in [5, 5.41) is 7.55. The Labute approximate surface area is 178 Å². The number of benzene rings is 1. The highest BCUT2D eigenvalue weighted by Crippen LogP contribution is 2.25. The lowest BCUT2D eigenvalue weighted by Crippen LogP contribution is -2.52. The van der Waals surface area contributed by atoms with Crippen LogP contribution < -0.4 is 5.32 Å². The zero-order valence-corrected chi connectivity index (χ0v) is 17.9. The molecule has 0 aliphatic carbocycles. The maximum absolute atomic E-state index is 12.8. The fraction of sp³-hybridized carbons (Fsp3) is 0.571. The topological polar surface area (TPSA) is 74.5 Å². The van der Waals surface area contributed by atoms with Crippen molar-refractivity contribution in [1.82, 2.24) is 25.3 Å². The molecule has 2 aliphatic rings. The standard InChI is InChI=1S/C21H29N5O2.ClH/c1-15-14-18(8-9-22-15)21(27)26-12-10-25(11-13-26)16(2)20-23-19(24-28-20)17-6-4-3-5-7-17;/h3-7,15-16,18,22H,8-14H2,1-2H3;1H/t15-,16?,18-;/m0./s1.